The maximum atomic E-state index is 13.3. The molecule has 7 nitrogen and oxygen atoms in total. The highest BCUT2D eigenvalue weighted by molar-refractivity contribution is 6.00. The van der Waals surface area contributed by atoms with Gasteiger partial charge in [-0.3, -0.25) is 4.79 Å². The number of aliphatic hydroxyl groups is 1. The number of rotatable bonds is 5. The summed E-state index contributed by atoms with van der Waals surface area (Å²) in [5.41, 5.74) is 8.69. The predicted molar refractivity (Wildman–Crippen MR) is 111 cm³/mol. The van der Waals surface area contributed by atoms with Gasteiger partial charge in [-0.05, 0) is 23.1 Å². The van der Waals surface area contributed by atoms with E-state index in [4.69, 9.17) is 15.2 Å². The van der Waals surface area contributed by atoms with E-state index in [2.05, 4.69) is 18.8 Å². The number of Topliss-reactive ketones (excluding diaryl/α,β-unsaturated/α-hetero) is 1. The number of carbonyl (C=O) groups excluding carboxylic acids is 1. The maximum absolute atomic E-state index is 13.3. The second-order valence-electron chi connectivity index (χ2n) is 8.71. The van der Waals surface area contributed by atoms with Crippen LogP contribution in [0.4, 0.5) is 5.82 Å². The molecule has 1 aromatic carbocycles. The Morgan fingerprint density at radius 1 is 1.30 bits per heavy atom. The quantitative estimate of drug-likeness (QED) is 0.735. The smallest absolute Gasteiger partial charge is 0.305 e. The first-order chi connectivity index (χ1) is 14.3. The van der Waals surface area contributed by atoms with Crippen LogP contribution in [0.1, 0.15) is 50.2 Å². The summed E-state index contributed by atoms with van der Waals surface area (Å²) >= 11 is 0. The highest BCUT2D eigenvalue weighted by Gasteiger charge is 2.45. The third-order valence-corrected chi connectivity index (χ3v) is 5.81. The lowest BCUT2D eigenvalue weighted by molar-refractivity contribution is -0.686. The molecular formula is C23H28N3O4+. The zero-order valence-electron chi connectivity index (χ0n) is 17.6. The van der Waals surface area contributed by atoms with Crippen LogP contribution >= 0.6 is 0 Å². The van der Waals surface area contributed by atoms with Crippen LogP contribution < -0.4 is 19.8 Å². The molecule has 4 rings (SSSR count). The Morgan fingerprint density at radius 3 is 2.70 bits per heavy atom. The summed E-state index contributed by atoms with van der Waals surface area (Å²) < 4.78 is 13.3. The topological polar surface area (TPSA) is 98.5 Å². The van der Waals surface area contributed by atoms with Crippen molar-refractivity contribution < 1.29 is 23.9 Å². The van der Waals surface area contributed by atoms with Crippen molar-refractivity contribution in [2.75, 3.05) is 19.5 Å². The van der Waals surface area contributed by atoms with Gasteiger partial charge in [0.15, 0.2) is 5.78 Å². The summed E-state index contributed by atoms with van der Waals surface area (Å²) in [4.78, 5) is 17.8. The van der Waals surface area contributed by atoms with Gasteiger partial charge < -0.3 is 20.3 Å². The van der Waals surface area contributed by atoms with E-state index in [1.165, 1.54) is 0 Å². The van der Waals surface area contributed by atoms with E-state index >= 15 is 0 Å². The van der Waals surface area contributed by atoms with Gasteiger partial charge in [0, 0.05) is 31.4 Å². The number of anilines is 1. The number of allylic oxidation sites excluding steroid dienone is 2. The Labute approximate surface area is 176 Å². The number of nitrogen functional groups attached to an aromatic ring is 1. The van der Waals surface area contributed by atoms with E-state index in [0.717, 1.165) is 11.3 Å². The van der Waals surface area contributed by atoms with Crippen molar-refractivity contribution in [2.24, 2.45) is 5.41 Å². The molecule has 30 heavy (non-hydrogen) atoms. The van der Waals surface area contributed by atoms with Gasteiger partial charge in [0.2, 0.25) is 12.1 Å². The number of nitrogens with two attached hydrogens (primary N) is 1. The molecule has 0 radical (unpaired) electrons. The molecule has 0 fully saturated rings. The first-order valence-electron chi connectivity index (χ1n) is 10.2. The highest BCUT2D eigenvalue weighted by atomic mass is 16.5. The number of benzene rings is 1. The van der Waals surface area contributed by atoms with Crippen molar-refractivity contribution in [3.63, 3.8) is 0 Å². The number of fused-ring (bicyclic) bond motifs is 1. The average molecular weight is 410 g/mol. The monoisotopic (exact) mass is 410 g/mol. The standard InChI is InChI=1S/C23H27N3O4/c1-23(2)11-16(28)19-17(12-23)30-22-20(21(24)26(13-25-22)9-4-10-27)18(19)14-5-7-15(29-3)8-6-14/h5-8,13,18,24,27H,4,9-12H2,1-3H3/p+1/t18-/m1/s1. The fourth-order valence-corrected chi connectivity index (χ4v) is 4.37. The first kappa shape index (κ1) is 20.3. The van der Waals surface area contributed by atoms with Crippen molar-refractivity contribution in [1.82, 2.24) is 4.98 Å². The molecule has 7 heteroatoms. The van der Waals surface area contributed by atoms with Gasteiger partial charge >= 0.3 is 5.88 Å². The molecule has 1 aliphatic carbocycles. The molecule has 158 valence electrons. The van der Waals surface area contributed by atoms with Crippen molar-refractivity contribution in [3.05, 3.63) is 53.1 Å². The molecule has 0 unspecified atom stereocenters. The van der Waals surface area contributed by atoms with Crippen LogP contribution in [0.15, 0.2) is 41.9 Å². The number of carbonyl (C=O) groups is 1. The Kier molecular flexibility index (Phi) is 5.24. The number of aryl methyl sites for hydroxylation is 1. The summed E-state index contributed by atoms with van der Waals surface area (Å²) in [5.74, 6) is 2.10. The third kappa shape index (κ3) is 3.54. The van der Waals surface area contributed by atoms with Crippen molar-refractivity contribution in [2.45, 2.75) is 45.6 Å². The van der Waals surface area contributed by atoms with E-state index in [1.54, 1.807) is 18.0 Å². The van der Waals surface area contributed by atoms with Gasteiger partial charge in [-0.25, -0.2) is 4.57 Å². The van der Waals surface area contributed by atoms with Gasteiger partial charge in [-0.2, -0.15) is 0 Å². The van der Waals surface area contributed by atoms with Crippen LogP contribution in [0.2, 0.25) is 0 Å². The molecule has 0 spiro atoms. The van der Waals surface area contributed by atoms with Gasteiger partial charge in [-0.1, -0.05) is 31.0 Å². The van der Waals surface area contributed by atoms with Gasteiger partial charge in [0.1, 0.15) is 17.1 Å². The molecule has 2 aliphatic rings. The van der Waals surface area contributed by atoms with E-state index in [1.807, 2.05) is 24.3 Å². The minimum Gasteiger partial charge on any atom is -0.497 e. The summed E-state index contributed by atoms with van der Waals surface area (Å²) in [6.45, 7) is 4.74. The van der Waals surface area contributed by atoms with Crippen LogP contribution in [0.25, 0.3) is 0 Å². The number of ether oxygens (including phenoxy) is 2. The molecule has 3 N–H and O–H groups in total. The minimum absolute atomic E-state index is 0.0603. The zero-order chi connectivity index (χ0) is 21.5. The van der Waals surface area contributed by atoms with Gasteiger partial charge in [0.05, 0.1) is 19.6 Å². The fourth-order valence-electron chi connectivity index (χ4n) is 4.37. The van der Waals surface area contributed by atoms with Crippen LogP contribution in [0, 0.1) is 5.41 Å². The normalized spacial score (nSPS) is 19.7. The molecule has 1 aromatic heterocycles. The predicted octanol–water partition coefficient (Wildman–Crippen LogP) is 2.51. The van der Waals surface area contributed by atoms with E-state index in [-0.39, 0.29) is 23.7 Å². The SMILES string of the molecule is COc1ccc([C@@H]2C3=C(CC(C)(C)CC3=O)Oc3nc[n+](CCCO)c(N)c32)cc1. The number of hydrogen-bond acceptors (Lipinski definition) is 6. The third-order valence-electron chi connectivity index (χ3n) is 5.81. The number of hydrogen-bond donors (Lipinski definition) is 2. The molecular weight excluding hydrogens is 382 g/mol. The zero-order valence-corrected chi connectivity index (χ0v) is 17.6. The largest absolute Gasteiger partial charge is 0.497 e. The Hall–Kier alpha value is -2.93. The Morgan fingerprint density at radius 2 is 2.03 bits per heavy atom. The van der Waals surface area contributed by atoms with Crippen LogP contribution in [0.3, 0.4) is 0 Å². The summed E-state index contributed by atoms with van der Waals surface area (Å²) in [7, 11) is 1.62. The van der Waals surface area contributed by atoms with Crippen LogP contribution in [-0.4, -0.2) is 29.6 Å². The van der Waals surface area contributed by atoms with Crippen LogP contribution in [-0.2, 0) is 11.3 Å². The average Bonchev–Trinajstić information content (AvgIpc) is 2.71. The lowest BCUT2D eigenvalue weighted by atomic mass is 9.70. The minimum atomic E-state index is -0.354. The lowest BCUT2D eigenvalue weighted by Crippen LogP contribution is -2.41. The number of ketones is 1. The molecule has 2 aromatic rings. The fraction of sp³-hybridized carbons (Fsp3) is 0.435. The lowest BCUT2D eigenvalue weighted by Gasteiger charge is -2.37. The van der Waals surface area contributed by atoms with Crippen molar-refractivity contribution in [3.8, 4) is 11.6 Å². The molecule has 0 saturated heterocycles. The van der Waals surface area contributed by atoms with Crippen LogP contribution in [0.5, 0.6) is 11.6 Å². The Bertz CT molecular complexity index is 1010. The van der Waals surface area contributed by atoms with Crippen molar-refractivity contribution in [1.29, 1.82) is 0 Å². The second-order valence-corrected chi connectivity index (χ2v) is 8.71. The molecule has 1 atom stereocenters. The highest BCUT2D eigenvalue weighted by Crippen LogP contribution is 2.50. The molecule has 2 heterocycles. The Balaban J connectivity index is 1.90. The number of nitrogens with zero attached hydrogens (tertiary/aromatic N) is 2. The maximum Gasteiger partial charge on any atom is 0.305 e. The first-order valence-corrected chi connectivity index (χ1v) is 10.2. The number of methoxy groups -OCH3 is 1. The molecule has 0 amide bonds. The second kappa shape index (κ2) is 7.72. The van der Waals surface area contributed by atoms with E-state index in [9.17, 15) is 9.90 Å². The summed E-state index contributed by atoms with van der Waals surface area (Å²) in [6, 6.07) is 7.68. The number of aromatic nitrogens is 2. The van der Waals surface area contributed by atoms with E-state index < -0.39 is 0 Å². The molecule has 0 saturated carbocycles. The van der Waals surface area contributed by atoms with E-state index in [0.29, 0.717) is 54.4 Å². The van der Waals surface area contributed by atoms with Crippen molar-refractivity contribution >= 4 is 11.6 Å². The summed E-state index contributed by atoms with van der Waals surface area (Å²) in [5, 5.41) is 9.21. The van der Waals surface area contributed by atoms with Gasteiger partial charge in [-0.15, -0.1) is 0 Å². The number of aliphatic hydroxyl groups excluding tert-OH is 1. The molecule has 1 aliphatic heterocycles. The summed E-state index contributed by atoms with van der Waals surface area (Å²) in [6.07, 6.45) is 3.32. The molecule has 0 bridgehead atoms. The van der Waals surface area contributed by atoms with Gasteiger partial charge in [0.25, 0.3) is 0 Å².